The Balaban J connectivity index is 3.22. The Bertz CT molecular complexity index is 117. The Labute approximate surface area is 89.3 Å². The molecule has 0 rings (SSSR count). The summed E-state index contributed by atoms with van der Waals surface area (Å²) in [5.74, 6) is 0.817. The number of aliphatic hydroxyl groups excluding tert-OH is 1. The fraction of sp³-hybridized carbons (Fsp3) is 1.00. The van der Waals surface area contributed by atoms with Gasteiger partial charge in [-0.1, -0.05) is 33.1 Å². The molecule has 2 nitrogen and oxygen atoms in total. The minimum atomic E-state index is 0.350. The Morgan fingerprint density at radius 3 is 2.36 bits per heavy atom. The van der Waals surface area contributed by atoms with Crippen LogP contribution >= 0.6 is 0 Å². The van der Waals surface area contributed by atoms with Crippen molar-refractivity contribution < 1.29 is 5.11 Å². The van der Waals surface area contributed by atoms with E-state index in [9.17, 15) is 0 Å². The van der Waals surface area contributed by atoms with Gasteiger partial charge in [-0.25, -0.2) is 0 Å². The first-order chi connectivity index (χ1) is 6.70. The first-order valence-electron chi connectivity index (χ1n) is 6.00. The number of rotatable bonds is 9. The molecule has 0 saturated heterocycles. The second-order valence-electron chi connectivity index (χ2n) is 4.41. The van der Waals surface area contributed by atoms with Crippen LogP contribution in [0.1, 0.15) is 46.0 Å². The van der Waals surface area contributed by atoms with Crippen LogP contribution in [0.25, 0.3) is 0 Å². The summed E-state index contributed by atoms with van der Waals surface area (Å²) in [6.45, 7) is 7.33. The van der Waals surface area contributed by atoms with Gasteiger partial charge in [0.15, 0.2) is 0 Å². The molecular formula is C12H27NO. The van der Waals surface area contributed by atoms with Crippen molar-refractivity contribution >= 4 is 0 Å². The van der Waals surface area contributed by atoms with Gasteiger partial charge in [0, 0.05) is 13.2 Å². The van der Waals surface area contributed by atoms with Crippen LogP contribution in [-0.4, -0.2) is 36.8 Å². The van der Waals surface area contributed by atoms with Crippen LogP contribution in [0.5, 0.6) is 0 Å². The van der Waals surface area contributed by atoms with E-state index in [4.69, 9.17) is 5.11 Å². The predicted octanol–water partition coefficient (Wildman–Crippen LogP) is 2.52. The summed E-state index contributed by atoms with van der Waals surface area (Å²) in [5, 5.41) is 8.62. The molecule has 0 aromatic heterocycles. The van der Waals surface area contributed by atoms with E-state index in [0.29, 0.717) is 6.61 Å². The second-order valence-corrected chi connectivity index (χ2v) is 4.41. The van der Waals surface area contributed by atoms with Crippen LogP contribution in [0.15, 0.2) is 0 Å². The van der Waals surface area contributed by atoms with Crippen molar-refractivity contribution in [2.75, 3.05) is 26.7 Å². The molecule has 1 N–H and O–H groups in total. The summed E-state index contributed by atoms with van der Waals surface area (Å²) < 4.78 is 0. The summed E-state index contributed by atoms with van der Waals surface area (Å²) in [6.07, 6.45) is 5.94. The Morgan fingerprint density at radius 1 is 1.14 bits per heavy atom. The van der Waals surface area contributed by atoms with Gasteiger partial charge in [0.1, 0.15) is 0 Å². The third kappa shape index (κ3) is 8.52. The molecule has 0 aromatic rings. The van der Waals surface area contributed by atoms with Gasteiger partial charge in [-0.2, -0.15) is 0 Å². The summed E-state index contributed by atoms with van der Waals surface area (Å²) in [4.78, 5) is 2.42. The number of unbranched alkanes of at least 4 members (excludes halogenated alkanes) is 3. The van der Waals surface area contributed by atoms with Gasteiger partial charge in [0.25, 0.3) is 0 Å². The lowest BCUT2D eigenvalue weighted by Gasteiger charge is -2.20. The highest BCUT2D eigenvalue weighted by Gasteiger charge is 2.03. The largest absolute Gasteiger partial charge is 0.396 e. The molecule has 0 heterocycles. The number of hydrogen-bond acceptors (Lipinski definition) is 2. The first kappa shape index (κ1) is 13.9. The van der Waals surface area contributed by atoms with E-state index >= 15 is 0 Å². The summed E-state index contributed by atoms with van der Waals surface area (Å²) in [6, 6.07) is 0. The van der Waals surface area contributed by atoms with Gasteiger partial charge < -0.3 is 10.0 Å². The number of hydrogen-bond donors (Lipinski definition) is 1. The molecule has 0 aliphatic heterocycles. The molecule has 0 bridgehead atoms. The maximum Gasteiger partial charge on any atom is 0.0431 e. The highest BCUT2D eigenvalue weighted by Crippen LogP contribution is 2.05. The van der Waals surface area contributed by atoms with E-state index < -0.39 is 0 Å². The molecule has 0 amide bonds. The van der Waals surface area contributed by atoms with Gasteiger partial charge in [-0.3, -0.25) is 0 Å². The van der Waals surface area contributed by atoms with Gasteiger partial charge in [-0.05, 0) is 32.4 Å². The zero-order valence-corrected chi connectivity index (χ0v) is 10.1. The van der Waals surface area contributed by atoms with Crippen molar-refractivity contribution in [3.8, 4) is 0 Å². The van der Waals surface area contributed by atoms with E-state index in [2.05, 4.69) is 25.8 Å². The molecule has 0 aromatic carbocycles. The normalized spacial score (nSPS) is 13.5. The van der Waals surface area contributed by atoms with Crippen molar-refractivity contribution in [2.45, 2.75) is 46.0 Å². The lowest BCUT2D eigenvalue weighted by molar-refractivity contribution is 0.266. The molecule has 86 valence electrons. The van der Waals surface area contributed by atoms with E-state index in [1.165, 1.54) is 38.8 Å². The average Bonchev–Trinajstić information content (AvgIpc) is 2.17. The van der Waals surface area contributed by atoms with Crippen LogP contribution in [0.4, 0.5) is 0 Å². The van der Waals surface area contributed by atoms with Crippen LogP contribution in [-0.2, 0) is 0 Å². The summed E-state index contributed by atoms with van der Waals surface area (Å²) in [5.41, 5.74) is 0. The van der Waals surface area contributed by atoms with Crippen molar-refractivity contribution in [3.05, 3.63) is 0 Å². The molecule has 1 atom stereocenters. The number of nitrogens with zero attached hydrogens (tertiary/aromatic N) is 1. The van der Waals surface area contributed by atoms with Crippen molar-refractivity contribution in [1.82, 2.24) is 4.90 Å². The Kier molecular flexibility index (Phi) is 9.42. The Hall–Kier alpha value is -0.0800. The molecule has 0 fully saturated rings. The second kappa shape index (κ2) is 9.47. The van der Waals surface area contributed by atoms with Gasteiger partial charge >= 0.3 is 0 Å². The molecular weight excluding hydrogens is 174 g/mol. The smallest absolute Gasteiger partial charge is 0.0431 e. The van der Waals surface area contributed by atoms with Crippen LogP contribution < -0.4 is 0 Å². The summed E-state index contributed by atoms with van der Waals surface area (Å²) in [7, 11) is 2.21. The zero-order chi connectivity index (χ0) is 10.8. The summed E-state index contributed by atoms with van der Waals surface area (Å²) >= 11 is 0. The molecule has 2 heteroatoms. The standard InChI is InChI=1S/C12H27NO/c1-4-12(2)11-13(3)9-7-5-6-8-10-14/h12,14H,4-11H2,1-3H3. The van der Waals surface area contributed by atoms with Crippen LogP contribution in [0.3, 0.4) is 0 Å². The molecule has 0 aliphatic rings. The average molecular weight is 201 g/mol. The maximum atomic E-state index is 8.62. The van der Waals surface area contributed by atoms with E-state index in [1.54, 1.807) is 0 Å². The maximum absolute atomic E-state index is 8.62. The molecule has 1 unspecified atom stereocenters. The lowest BCUT2D eigenvalue weighted by Crippen LogP contribution is -2.25. The monoisotopic (exact) mass is 201 g/mol. The highest BCUT2D eigenvalue weighted by molar-refractivity contribution is 4.57. The van der Waals surface area contributed by atoms with Crippen molar-refractivity contribution in [2.24, 2.45) is 5.92 Å². The topological polar surface area (TPSA) is 23.5 Å². The van der Waals surface area contributed by atoms with E-state index in [-0.39, 0.29) is 0 Å². The van der Waals surface area contributed by atoms with Crippen molar-refractivity contribution in [3.63, 3.8) is 0 Å². The highest BCUT2D eigenvalue weighted by atomic mass is 16.2. The fourth-order valence-electron chi connectivity index (χ4n) is 1.60. The quantitative estimate of drug-likeness (QED) is 0.579. The fourth-order valence-corrected chi connectivity index (χ4v) is 1.60. The minimum Gasteiger partial charge on any atom is -0.396 e. The van der Waals surface area contributed by atoms with Crippen LogP contribution in [0.2, 0.25) is 0 Å². The van der Waals surface area contributed by atoms with Gasteiger partial charge in [-0.15, -0.1) is 0 Å². The third-order valence-electron chi connectivity index (χ3n) is 2.77. The molecule has 0 radical (unpaired) electrons. The van der Waals surface area contributed by atoms with E-state index in [1.807, 2.05) is 0 Å². The lowest BCUT2D eigenvalue weighted by atomic mass is 10.1. The zero-order valence-electron chi connectivity index (χ0n) is 10.1. The SMILES string of the molecule is CCC(C)CN(C)CCCCCCO. The van der Waals surface area contributed by atoms with E-state index in [0.717, 1.165) is 12.3 Å². The van der Waals surface area contributed by atoms with Crippen molar-refractivity contribution in [1.29, 1.82) is 0 Å². The molecule has 14 heavy (non-hydrogen) atoms. The predicted molar refractivity (Wildman–Crippen MR) is 62.5 cm³/mol. The first-order valence-corrected chi connectivity index (χ1v) is 6.00. The van der Waals surface area contributed by atoms with Gasteiger partial charge in [0.05, 0.1) is 0 Å². The molecule has 0 aliphatic carbocycles. The third-order valence-corrected chi connectivity index (χ3v) is 2.77. The van der Waals surface area contributed by atoms with Gasteiger partial charge in [0.2, 0.25) is 0 Å². The Morgan fingerprint density at radius 2 is 1.79 bits per heavy atom. The van der Waals surface area contributed by atoms with Crippen LogP contribution in [0, 0.1) is 5.92 Å². The molecule has 0 spiro atoms. The minimum absolute atomic E-state index is 0.350. The molecule has 0 saturated carbocycles. The number of aliphatic hydroxyl groups is 1.